The van der Waals surface area contributed by atoms with E-state index in [4.69, 9.17) is 0 Å². The van der Waals surface area contributed by atoms with Crippen LogP contribution >= 0.6 is 0 Å². The molecule has 1 aromatic rings. The summed E-state index contributed by atoms with van der Waals surface area (Å²) in [5.74, 6) is -0.291. The number of nitrogens with one attached hydrogen (secondary N) is 1. The van der Waals surface area contributed by atoms with Crippen LogP contribution in [0.5, 0.6) is 0 Å². The summed E-state index contributed by atoms with van der Waals surface area (Å²) < 4.78 is 0. The maximum atomic E-state index is 11.3. The number of carbonyl (C=O) groups is 1. The maximum Gasteiger partial charge on any atom is 0.249 e. The molecule has 0 bridgehead atoms. The van der Waals surface area contributed by atoms with E-state index in [2.05, 4.69) is 5.32 Å². The zero-order valence-electron chi connectivity index (χ0n) is 8.94. The van der Waals surface area contributed by atoms with Crippen molar-refractivity contribution in [2.24, 2.45) is 0 Å². The van der Waals surface area contributed by atoms with Gasteiger partial charge in [0.1, 0.15) is 6.10 Å². The molecule has 1 aromatic carbocycles. The first-order chi connectivity index (χ1) is 7.24. The quantitative estimate of drug-likeness (QED) is 0.768. The van der Waals surface area contributed by atoms with E-state index in [9.17, 15) is 9.90 Å². The van der Waals surface area contributed by atoms with Gasteiger partial charge in [-0.05, 0) is 12.0 Å². The lowest BCUT2D eigenvalue weighted by Crippen LogP contribution is -2.33. The molecule has 1 atom stereocenters. The highest BCUT2D eigenvalue weighted by molar-refractivity contribution is 5.80. The summed E-state index contributed by atoms with van der Waals surface area (Å²) >= 11 is 0. The topological polar surface area (TPSA) is 49.3 Å². The smallest absolute Gasteiger partial charge is 0.249 e. The van der Waals surface area contributed by atoms with Gasteiger partial charge in [-0.2, -0.15) is 0 Å². The van der Waals surface area contributed by atoms with Crippen molar-refractivity contribution in [3.8, 4) is 0 Å². The highest BCUT2D eigenvalue weighted by Crippen LogP contribution is 1.99. The molecular weight excluding hydrogens is 190 g/mol. The number of aliphatic hydroxyl groups is 1. The van der Waals surface area contributed by atoms with Crippen molar-refractivity contribution in [3.05, 3.63) is 35.9 Å². The van der Waals surface area contributed by atoms with Crippen molar-refractivity contribution in [3.63, 3.8) is 0 Å². The summed E-state index contributed by atoms with van der Waals surface area (Å²) in [4.78, 5) is 11.3. The summed E-state index contributed by atoms with van der Waals surface area (Å²) in [5.41, 5.74) is 1.04. The monoisotopic (exact) mass is 207 g/mol. The second-order valence-electron chi connectivity index (χ2n) is 3.51. The Labute approximate surface area is 90.1 Å². The minimum atomic E-state index is -0.876. The fraction of sp³-hybridized carbons (Fsp3) is 0.417. The van der Waals surface area contributed by atoms with Crippen molar-refractivity contribution < 1.29 is 9.90 Å². The Morgan fingerprint density at radius 3 is 2.67 bits per heavy atom. The summed E-state index contributed by atoms with van der Waals surface area (Å²) in [6.07, 6.45) is 0.444. The highest BCUT2D eigenvalue weighted by atomic mass is 16.3. The fourth-order valence-electron chi connectivity index (χ4n) is 1.31. The summed E-state index contributed by atoms with van der Waals surface area (Å²) in [6, 6.07) is 9.64. The third-order valence-electron chi connectivity index (χ3n) is 2.17. The molecule has 0 heterocycles. The largest absolute Gasteiger partial charge is 0.383 e. The minimum absolute atomic E-state index is 0.291. The van der Waals surface area contributed by atoms with Crippen molar-refractivity contribution >= 4 is 5.91 Å². The van der Waals surface area contributed by atoms with Crippen LogP contribution in [-0.4, -0.2) is 17.1 Å². The molecular formula is C12H17NO2. The van der Waals surface area contributed by atoms with Gasteiger partial charge >= 0.3 is 0 Å². The fourth-order valence-corrected chi connectivity index (χ4v) is 1.31. The number of aliphatic hydroxyl groups excluding tert-OH is 1. The van der Waals surface area contributed by atoms with Gasteiger partial charge in [0.05, 0.1) is 0 Å². The Balaban J connectivity index is 2.34. The van der Waals surface area contributed by atoms with Crippen LogP contribution < -0.4 is 5.32 Å². The predicted molar refractivity (Wildman–Crippen MR) is 59.2 cm³/mol. The second-order valence-corrected chi connectivity index (χ2v) is 3.51. The third-order valence-corrected chi connectivity index (χ3v) is 2.17. The average molecular weight is 207 g/mol. The van der Waals surface area contributed by atoms with Gasteiger partial charge in [0.25, 0.3) is 0 Å². The van der Waals surface area contributed by atoms with Crippen molar-refractivity contribution in [2.45, 2.75) is 32.4 Å². The zero-order valence-corrected chi connectivity index (χ0v) is 8.94. The minimum Gasteiger partial charge on any atom is -0.383 e. The molecule has 1 rings (SSSR count). The summed E-state index contributed by atoms with van der Waals surface area (Å²) in [6.45, 7) is 2.41. The Bertz CT molecular complexity index is 298. The van der Waals surface area contributed by atoms with Gasteiger partial charge < -0.3 is 10.4 Å². The normalized spacial score (nSPS) is 12.1. The van der Waals surface area contributed by atoms with Gasteiger partial charge in [0, 0.05) is 6.54 Å². The van der Waals surface area contributed by atoms with E-state index >= 15 is 0 Å². The van der Waals surface area contributed by atoms with E-state index in [1.165, 1.54) is 0 Å². The second kappa shape index (κ2) is 6.19. The van der Waals surface area contributed by atoms with Gasteiger partial charge in [-0.15, -0.1) is 0 Å². The Morgan fingerprint density at radius 2 is 2.07 bits per heavy atom. The first-order valence-corrected chi connectivity index (χ1v) is 5.23. The first kappa shape index (κ1) is 11.7. The van der Waals surface area contributed by atoms with E-state index < -0.39 is 6.10 Å². The van der Waals surface area contributed by atoms with Crippen molar-refractivity contribution in [2.75, 3.05) is 0 Å². The van der Waals surface area contributed by atoms with Crippen LogP contribution in [-0.2, 0) is 11.3 Å². The Hall–Kier alpha value is -1.35. The van der Waals surface area contributed by atoms with Gasteiger partial charge in [-0.25, -0.2) is 0 Å². The zero-order chi connectivity index (χ0) is 11.1. The van der Waals surface area contributed by atoms with Gasteiger partial charge in [-0.1, -0.05) is 43.7 Å². The number of rotatable bonds is 5. The predicted octanol–water partition coefficient (Wildman–Crippen LogP) is 1.46. The van der Waals surface area contributed by atoms with Crippen LogP contribution in [0.3, 0.4) is 0 Å². The van der Waals surface area contributed by atoms with Crippen molar-refractivity contribution in [1.82, 2.24) is 5.32 Å². The first-order valence-electron chi connectivity index (χ1n) is 5.23. The van der Waals surface area contributed by atoms with Crippen molar-refractivity contribution in [1.29, 1.82) is 0 Å². The molecule has 0 spiro atoms. The standard InChI is InChI=1S/C12H17NO2/c1-2-6-11(14)12(15)13-9-10-7-4-3-5-8-10/h3-5,7-8,11,14H,2,6,9H2,1H3,(H,13,15). The number of carbonyl (C=O) groups excluding carboxylic acids is 1. The van der Waals surface area contributed by atoms with E-state index in [1.54, 1.807) is 0 Å². The molecule has 0 aliphatic heterocycles. The molecule has 0 fully saturated rings. The lowest BCUT2D eigenvalue weighted by molar-refractivity contribution is -0.129. The number of hydrogen-bond donors (Lipinski definition) is 2. The molecule has 82 valence electrons. The van der Waals surface area contributed by atoms with Crippen LogP contribution in [0.1, 0.15) is 25.3 Å². The van der Waals surface area contributed by atoms with Gasteiger partial charge in [-0.3, -0.25) is 4.79 Å². The Morgan fingerprint density at radius 1 is 1.40 bits per heavy atom. The van der Waals surface area contributed by atoms with Crippen LogP contribution in [0.25, 0.3) is 0 Å². The molecule has 1 unspecified atom stereocenters. The molecule has 0 aliphatic carbocycles. The van der Waals surface area contributed by atoms with E-state index in [0.717, 1.165) is 12.0 Å². The van der Waals surface area contributed by atoms with Gasteiger partial charge in [0.2, 0.25) is 5.91 Å². The molecule has 3 nitrogen and oxygen atoms in total. The van der Waals surface area contributed by atoms with Crippen LogP contribution in [0.15, 0.2) is 30.3 Å². The van der Waals surface area contributed by atoms with E-state index in [-0.39, 0.29) is 5.91 Å². The SMILES string of the molecule is CCCC(O)C(=O)NCc1ccccc1. The van der Waals surface area contributed by atoms with Gasteiger partial charge in [0.15, 0.2) is 0 Å². The Kier molecular flexibility index (Phi) is 4.84. The molecule has 0 radical (unpaired) electrons. The molecule has 0 aromatic heterocycles. The summed E-state index contributed by atoms with van der Waals surface area (Å²) in [5, 5.41) is 12.1. The van der Waals surface area contributed by atoms with Crippen LogP contribution in [0, 0.1) is 0 Å². The number of benzene rings is 1. The molecule has 3 heteroatoms. The van der Waals surface area contributed by atoms with E-state index in [1.807, 2.05) is 37.3 Å². The number of amides is 1. The van der Waals surface area contributed by atoms with Crippen LogP contribution in [0.4, 0.5) is 0 Å². The molecule has 2 N–H and O–H groups in total. The molecule has 15 heavy (non-hydrogen) atoms. The molecule has 1 amide bonds. The average Bonchev–Trinajstić information content (AvgIpc) is 2.27. The van der Waals surface area contributed by atoms with E-state index in [0.29, 0.717) is 13.0 Å². The number of hydrogen-bond acceptors (Lipinski definition) is 2. The van der Waals surface area contributed by atoms with Crippen LogP contribution in [0.2, 0.25) is 0 Å². The lowest BCUT2D eigenvalue weighted by Gasteiger charge is -2.10. The highest BCUT2D eigenvalue weighted by Gasteiger charge is 2.12. The lowest BCUT2D eigenvalue weighted by atomic mass is 10.2. The third kappa shape index (κ3) is 4.13. The molecule has 0 aliphatic rings. The molecule has 0 saturated heterocycles. The summed E-state index contributed by atoms with van der Waals surface area (Å²) in [7, 11) is 0. The maximum absolute atomic E-state index is 11.3. The molecule has 0 saturated carbocycles.